The molecular formula is C31H64NO4P. The van der Waals surface area contributed by atoms with Crippen molar-refractivity contribution in [2.24, 2.45) is 0 Å². The number of allylic oxidation sites excluding steroid dienone is 2. The molecule has 0 rings (SSSR count). The summed E-state index contributed by atoms with van der Waals surface area (Å²) in [6, 6.07) is 0. The van der Waals surface area contributed by atoms with Crippen molar-refractivity contribution in [2.45, 2.75) is 148 Å². The van der Waals surface area contributed by atoms with Gasteiger partial charge in [-0.2, -0.15) is 0 Å². The molecule has 0 fully saturated rings. The third-order valence-electron chi connectivity index (χ3n) is 6.88. The van der Waals surface area contributed by atoms with Crippen LogP contribution in [-0.2, 0) is 13.6 Å². The van der Waals surface area contributed by atoms with Crippen LogP contribution < -0.4 is 4.89 Å². The predicted molar refractivity (Wildman–Crippen MR) is 159 cm³/mol. The van der Waals surface area contributed by atoms with E-state index in [1.165, 1.54) is 96.3 Å². The van der Waals surface area contributed by atoms with Crippen LogP contribution >= 0.6 is 7.82 Å². The average Bonchev–Trinajstić information content (AvgIpc) is 2.83. The Balaban J connectivity index is 3.32. The molecule has 222 valence electrons. The van der Waals surface area contributed by atoms with E-state index in [1.54, 1.807) is 0 Å². The molecule has 0 aromatic rings. The van der Waals surface area contributed by atoms with Gasteiger partial charge in [0.2, 0.25) is 0 Å². The lowest BCUT2D eigenvalue weighted by Gasteiger charge is -2.24. The fraction of sp³-hybridized carbons (Fsp3) is 0.935. The highest BCUT2D eigenvalue weighted by molar-refractivity contribution is 7.45. The first kappa shape index (κ1) is 36.8. The molecule has 0 aromatic heterocycles. The molecular weight excluding hydrogens is 481 g/mol. The molecule has 0 aliphatic heterocycles. The summed E-state index contributed by atoms with van der Waals surface area (Å²) in [5, 5.41) is 0. The van der Waals surface area contributed by atoms with Crippen LogP contribution in [0.25, 0.3) is 0 Å². The normalized spacial score (nSPS) is 14.0. The van der Waals surface area contributed by atoms with Gasteiger partial charge in [0.25, 0.3) is 7.82 Å². The van der Waals surface area contributed by atoms with Crippen LogP contribution in [0.4, 0.5) is 0 Å². The summed E-state index contributed by atoms with van der Waals surface area (Å²) in [4.78, 5) is 11.8. The number of phosphoric ester groups is 1. The van der Waals surface area contributed by atoms with E-state index in [1.807, 2.05) is 0 Å². The maximum atomic E-state index is 11.8. The Bertz CT molecular complexity index is 548. The number of nitrogens with zero attached hydrogens (tertiary/aromatic N) is 1. The molecule has 0 amide bonds. The first-order chi connectivity index (χ1) is 17.8. The van der Waals surface area contributed by atoms with Gasteiger partial charge in [0.1, 0.15) is 0 Å². The number of hydrogen-bond donors (Lipinski definition) is 0. The van der Waals surface area contributed by atoms with E-state index in [-0.39, 0.29) is 13.2 Å². The van der Waals surface area contributed by atoms with Gasteiger partial charge in [-0.05, 0) is 51.4 Å². The van der Waals surface area contributed by atoms with Crippen molar-refractivity contribution in [3.63, 3.8) is 0 Å². The molecule has 1 atom stereocenters. The molecule has 6 heteroatoms. The molecule has 0 N–H and O–H groups in total. The topological polar surface area (TPSA) is 58.6 Å². The smallest absolute Gasteiger partial charge is 0.267 e. The monoisotopic (exact) mass is 545 g/mol. The highest BCUT2D eigenvalue weighted by atomic mass is 31.2. The Kier molecular flexibility index (Phi) is 25.9. The minimum Gasteiger partial charge on any atom is -0.756 e. The van der Waals surface area contributed by atoms with Crippen molar-refractivity contribution in [2.75, 3.05) is 40.9 Å². The second kappa shape index (κ2) is 26.1. The molecule has 0 saturated carbocycles. The van der Waals surface area contributed by atoms with Gasteiger partial charge in [-0.3, -0.25) is 4.57 Å². The lowest BCUT2D eigenvalue weighted by molar-refractivity contribution is -0.870. The molecule has 0 radical (unpaired) electrons. The van der Waals surface area contributed by atoms with E-state index in [0.29, 0.717) is 0 Å². The van der Waals surface area contributed by atoms with E-state index in [4.69, 9.17) is 9.05 Å². The summed E-state index contributed by atoms with van der Waals surface area (Å²) in [5.74, 6) is 0. The summed E-state index contributed by atoms with van der Waals surface area (Å²) in [6.45, 7) is 3.90. The van der Waals surface area contributed by atoms with Crippen molar-refractivity contribution < 1.29 is 23.0 Å². The molecule has 0 saturated heterocycles. The molecule has 0 aromatic carbocycles. The highest BCUT2D eigenvalue weighted by Gasteiger charge is 2.09. The summed E-state index contributed by atoms with van der Waals surface area (Å²) < 4.78 is 22.8. The van der Waals surface area contributed by atoms with E-state index in [2.05, 4.69) is 40.2 Å². The van der Waals surface area contributed by atoms with Crippen molar-refractivity contribution in [1.82, 2.24) is 0 Å². The Labute approximate surface area is 232 Å². The molecule has 0 heterocycles. The van der Waals surface area contributed by atoms with E-state index in [0.717, 1.165) is 56.0 Å². The third-order valence-corrected chi connectivity index (χ3v) is 7.88. The first-order valence-corrected chi connectivity index (χ1v) is 17.3. The quantitative estimate of drug-likeness (QED) is 0.0406. The molecule has 37 heavy (non-hydrogen) atoms. The number of phosphoric acid groups is 1. The minimum atomic E-state index is -4.13. The zero-order chi connectivity index (χ0) is 27.5. The maximum Gasteiger partial charge on any atom is 0.267 e. The van der Waals surface area contributed by atoms with Crippen molar-refractivity contribution in [1.29, 1.82) is 0 Å². The first-order valence-electron chi connectivity index (χ1n) is 15.8. The Morgan fingerprint density at radius 3 is 1.32 bits per heavy atom. The number of rotatable bonds is 29. The van der Waals surface area contributed by atoms with Crippen molar-refractivity contribution in [3.8, 4) is 0 Å². The molecule has 0 aliphatic rings. The second-order valence-corrected chi connectivity index (χ2v) is 13.3. The van der Waals surface area contributed by atoms with Gasteiger partial charge < -0.3 is 18.4 Å². The molecule has 0 spiro atoms. The minimum absolute atomic E-state index is 0.237. The van der Waals surface area contributed by atoms with Gasteiger partial charge in [-0.15, -0.1) is 0 Å². The van der Waals surface area contributed by atoms with Gasteiger partial charge in [0, 0.05) is 0 Å². The van der Waals surface area contributed by atoms with Crippen molar-refractivity contribution in [3.05, 3.63) is 12.2 Å². The second-order valence-electron chi connectivity index (χ2n) is 11.9. The van der Waals surface area contributed by atoms with Crippen LogP contribution in [0.5, 0.6) is 0 Å². The number of quaternary nitrogens is 1. The summed E-state index contributed by atoms with van der Waals surface area (Å²) in [6.07, 6.45) is 31.8. The molecule has 5 nitrogen and oxygen atoms in total. The number of unbranched alkanes of at least 4 members (excludes halogenated alkanes) is 19. The standard InChI is InChI=1S/C31H64NO4P/c1-5-6-7-8-9-10-11-12-13-14-15-16-17-18-19-20-21-22-24-27-30-35-37(33,34)36-31-28-25-23-26-29-32(2,3)4/h12-13H,5-11,14-31H2,1-4H3/b13-12-. The van der Waals surface area contributed by atoms with Gasteiger partial charge in [0.15, 0.2) is 0 Å². The lowest BCUT2D eigenvalue weighted by Crippen LogP contribution is -2.35. The predicted octanol–water partition coefficient (Wildman–Crippen LogP) is 9.35. The largest absolute Gasteiger partial charge is 0.756 e. The Morgan fingerprint density at radius 1 is 0.568 bits per heavy atom. The highest BCUT2D eigenvalue weighted by Crippen LogP contribution is 2.38. The van der Waals surface area contributed by atoms with Gasteiger partial charge >= 0.3 is 0 Å². The Morgan fingerprint density at radius 2 is 0.919 bits per heavy atom. The summed E-state index contributed by atoms with van der Waals surface area (Å²) in [7, 11) is 2.44. The summed E-state index contributed by atoms with van der Waals surface area (Å²) in [5.41, 5.74) is 0. The summed E-state index contributed by atoms with van der Waals surface area (Å²) >= 11 is 0. The van der Waals surface area contributed by atoms with Gasteiger partial charge in [-0.25, -0.2) is 0 Å². The van der Waals surface area contributed by atoms with Gasteiger partial charge in [-0.1, -0.05) is 109 Å². The van der Waals surface area contributed by atoms with Crippen LogP contribution in [-0.4, -0.2) is 45.4 Å². The fourth-order valence-electron chi connectivity index (χ4n) is 4.49. The molecule has 1 unspecified atom stereocenters. The van der Waals surface area contributed by atoms with E-state index < -0.39 is 7.82 Å². The van der Waals surface area contributed by atoms with Crippen LogP contribution in [0.15, 0.2) is 12.2 Å². The Hall–Kier alpha value is -0.190. The average molecular weight is 546 g/mol. The van der Waals surface area contributed by atoms with Crippen LogP contribution in [0.2, 0.25) is 0 Å². The zero-order valence-electron chi connectivity index (χ0n) is 25.4. The van der Waals surface area contributed by atoms with E-state index in [9.17, 15) is 9.46 Å². The van der Waals surface area contributed by atoms with Crippen LogP contribution in [0, 0.1) is 0 Å². The fourth-order valence-corrected chi connectivity index (χ4v) is 5.27. The van der Waals surface area contributed by atoms with Gasteiger partial charge in [0.05, 0.1) is 40.9 Å². The van der Waals surface area contributed by atoms with Crippen LogP contribution in [0.3, 0.4) is 0 Å². The number of hydrogen-bond acceptors (Lipinski definition) is 4. The van der Waals surface area contributed by atoms with E-state index >= 15 is 0 Å². The molecule has 0 bridgehead atoms. The van der Waals surface area contributed by atoms with Crippen molar-refractivity contribution >= 4 is 7.82 Å². The van der Waals surface area contributed by atoms with Crippen LogP contribution in [0.1, 0.15) is 148 Å². The third kappa shape index (κ3) is 31.9. The zero-order valence-corrected chi connectivity index (χ0v) is 26.3. The SMILES string of the molecule is CCCCCCCC/C=C\CCCCCCCCCCCCOP(=O)([O-])OCCCCCC[N+](C)(C)C. The lowest BCUT2D eigenvalue weighted by atomic mass is 10.1. The maximum absolute atomic E-state index is 11.8. The molecule has 0 aliphatic carbocycles.